The van der Waals surface area contributed by atoms with Crippen LogP contribution >= 0.6 is 22.7 Å². The van der Waals surface area contributed by atoms with E-state index in [1.807, 2.05) is 0 Å². The molecule has 0 bridgehead atoms. The van der Waals surface area contributed by atoms with Crippen LogP contribution in [0.25, 0.3) is 44.2 Å². The number of allylic oxidation sites excluding steroid dienone is 2. The second kappa shape index (κ2) is 12.5. The first-order valence-electron chi connectivity index (χ1n) is 13.5. The first-order chi connectivity index (χ1) is 22.7. The number of esters is 2. The SMILES string of the molecule is N#C/C(=C\c1ccc(-c2ccc(-c3ccc(/C=C(\C#N)c4ccc([N+](=O)[O-])cc4)s3)c3c2C(=O)OC3=O)s1)c1ccc([N+](=O)[O-])cc1. The molecule has 0 amide bonds. The van der Waals surface area contributed by atoms with Gasteiger partial charge in [-0.05, 0) is 71.8 Å². The molecule has 0 saturated carbocycles. The normalized spacial score (nSPS) is 12.6. The number of carbonyl (C=O) groups excluding carboxylic acids is 2. The zero-order valence-electron chi connectivity index (χ0n) is 23.7. The largest absolute Gasteiger partial charge is 0.386 e. The van der Waals surface area contributed by atoms with Crippen molar-refractivity contribution in [1.82, 2.24) is 0 Å². The Morgan fingerprint density at radius 1 is 0.617 bits per heavy atom. The van der Waals surface area contributed by atoms with Crippen molar-refractivity contribution in [2.75, 3.05) is 0 Å². The van der Waals surface area contributed by atoms with Crippen LogP contribution in [0.15, 0.2) is 84.9 Å². The average molecular weight is 657 g/mol. The van der Waals surface area contributed by atoms with Gasteiger partial charge in [0.15, 0.2) is 0 Å². The molecule has 11 nitrogen and oxygen atoms in total. The number of nitro groups is 2. The van der Waals surface area contributed by atoms with Crippen molar-refractivity contribution in [3.8, 4) is 33.0 Å². The fourth-order valence-electron chi connectivity index (χ4n) is 4.94. The van der Waals surface area contributed by atoms with Crippen LogP contribution in [0.1, 0.15) is 41.6 Å². The summed E-state index contributed by atoms with van der Waals surface area (Å²) in [6, 6.07) is 26.0. The van der Waals surface area contributed by atoms with Crippen LogP contribution in [0.2, 0.25) is 0 Å². The summed E-state index contributed by atoms with van der Waals surface area (Å²) in [6.45, 7) is 0. The molecular weight excluding hydrogens is 641 g/mol. The molecule has 47 heavy (non-hydrogen) atoms. The molecule has 1 aliphatic heterocycles. The maximum absolute atomic E-state index is 12.9. The number of hydrogen-bond acceptors (Lipinski definition) is 11. The monoisotopic (exact) mass is 656 g/mol. The molecule has 0 unspecified atom stereocenters. The summed E-state index contributed by atoms with van der Waals surface area (Å²) in [4.78, 5) is 49.5. The van der Waals surface area contributed by atoms with Crippen LogP contribution in [0.4, 0.5) is 11.4 Å². The third-order valence-corrected chi connectivity index (χ3v) is 9.31. The summed E-state index contributed by atoms with van der Waals surface area (Å²) >= 11 is 2.58. The quantitative estimate of drug-likeness (QED) is 0.0521. The number of non-ortho nitro benzene ring substituents is 2. The van der Waals surface area contributed by atoms with E-state index in [0.717, 1.165) is 0 Å². The molecule has 0 N–H and O–H groups in total. The third-order valence-electron chi connectivity index (χ3n) is 7.18. The van der Waals surface area contributed by atoms with Crippen LogP contribution in [-0.2, 0) is 4.74 Å². The van der Waals surface area contributed by atoms with Gasteiger partial charge in [0.2, 0.25) is 0 Å². The summed E-state index contributed by atoms with van der Waals surface area (Å²) in [5.41, 5.74) is 2.63. The molecule has 0 spiro atoms. The molecule has 3 aromatic carbocycles. The summed E-state index contributed by atoms with van der Waals surface area (Å²) in [5.74, 6) is -1.56. The molecule has 0 aliphatic carbocycles. The predicted molar refractivity (Wildman–Crippen MR) is 176 cm³/mol. The Balaban J connectivity index is 1.33. The molecular formula is C34H16N4O7S2. The average Bonchev–Trinajstić information content (AvgIpc) is 3.81. The number of ether oxygens (including phenoxy) is 1. The van der Waals surface area contributed by atoms with Gasteiger partial charge in [0.05, 0.1) is 44.3 Å². The van der Waals surface area contributed by atoms with E-state index >= 15 is 0 Å². The number of nitrogens with zero attached hydrogens (tertiary/aromatic N) is 4. The molecule has 0 fully saturated rings. The molecule has 2 aromatic heterocycles. The number of nitriles is 2. The first-order valence-corrected chi connectivity index (χ1v) is 15.2. The second-order valence-corrected chi connectivity index (χ2v) is 12.2. The minimum Gasteiger partial charge on any atom is -0.386 e. The van der Waals surface area contributed by atoms with E-state index < -0.39 is 21.8 Å². The van der Waals surface area contributed by atoms with Gasteiger partial charge in [0.25, 0.3) is 11.4 Å². The van der Waals surface area contributed by atoms with Crippen molar-refractivity contribution in [3.63, 3.8) is 0 Å². The number of thiophene rings is 2. The highest BCUT2D eigenvalue weighted by Gasteiger charge is 2.36. The van der Waals surface area contributed by atoms with Crippen molar-refractivity contribution in [3.05, 3.63) is 137 Å². The Morgan fingerprint density at radius 2 is 1.00 bits per heavy atom. The number of rotatable bonds is 8. The predicted octanol–water partition coefficient (Wildman–Crippen LogP) is 8.40. The second-order valence-electron chi connectivity index (χ2n) is 9.94. The number of fused-ring (bicyclic) bond motifs is 1. The standard InChI is InChI=1S/C34H16N4O7S2/c35-17-21(19-1-5-23(6-2-19)37(41)42)15-25-9-13-29(46-25)27-11-12-28(32-31(27)33(39)45-34(32)40)30-14-10-26(47-30)16-22(18-36)20-3-7-24(8-4-20)38(43)44/h1-16H/b21-15+,22-16+. The third kappa shape index (κ3) is 5.95. The van der Waals surface area contributed by atoms with Gasteiger partial charge in [-0.2, -0.15) is 10.5 Å². The Bertz CT molecular complexity index is 2120. The summed E-state index contributed by atoms with van der Waals surface area (Å²) < 4.78 is 5.03. The lowest BCUT2D eigenvalue weighted by molar-refractivity contribution is -0.385. The lowest BCUT2D eigenvalue weighted by Gasteiger charge is -2.07. The van der Waals surface area contributed by atoms with E-state index in [-0.39, 0.29) is 22.5 Å². The minimum atomic E-state index is -0.780. The van der Waals surface area contributed by atoms with E-state index in [1.165, 1.54) is 71.2 Å². The van der Waals surface area contributed by atoms with Crippen LogP contribution < -0.4 is 0 Å². The van der Waals surface area contributed by atoms with Crippen LogP contribution in [0.5, 0.6) is 0 Å². The van der Waals surface area contributed by atoms with E-state index in [2.05, 4.69) is 12.1 Å². The number of nitro benzene ring substituents is 2. The van der Waals surface area contributed by atoms with E-state index in [9.17, 15) is 40.3 Å². The minimum absolute atomic E-state index is 0.0902. The van der Waals surface area contributed by atoms with Crippen molar-refractivity contribution < 1.29 is 24.2 Å². The summed E-state index contributed by atoms with van der Waals surface area (Å²) in [5, 5.41) is 41.4. The summed E-state index contributed by atoms with van der Waals surface area (Å²) in [7, 11) is 0. The molecule has 6 rings (SSSR count). The summed E-state index contributed by atoms with van der Waals surface area (Å²) in [6.07, 6.45) is 3.28. The topological polar surface area (TPSA) is 177 Å². The van der Waals surface area contributed by atoms with Gasteiger partial charge in [0.1, 0.15) is 0 Å². The number of cyclic esters (lactones) is 2. The van der Waals surface area contributed by atoms with Gasteiger partial charge in [0, 0.05) is 54.9 Å². The van der Waals surface area contributed by atoms with Crippen LogP contribution in [0, 0.1) is 42.9 Å². The van der Waals surface area contributed by atoms with Gasteiger partial charge in [-0.3, -0.25) is 20.2 Å². The van der Waals surface area contributed by atoms with E-state index in [0.29, 0.717) is 52.9 Å². The van der Waals surface area contributed by atoms with Gasteiger partial charge >= 0.3 is 11.9 Å². The van der Waals surface area contributed by atoms with Crippen molar-refractivity contribution in [2.24, 2.45) is 0 Å². The zero-order valence-corrected chi connectivity index (χ0v) is 25.3. The smallest absolute Gasteiger partial charge is 0.347 e. The number of hydrogen-bond donors (Lipinski definition) is 0. The maximum Gasteiger partial charge on any atom is 0.347 e. The van der Waals surface area contributed by atoms with Gasteiger partial charge < -0.3 is 4.74 Å². The lowest BCUT2D eigenvalue weighted by Crippen LogP contribution is -1.97. The molecule has 5 aromatic rings. The van der Waals surface area contributed by atoms with Gasteiger partial charge in [-0.15, -0.1) is 22.7 Å². The van der Waals surface area contributed by atoms with E-state index in [4.69, 9.17) is 4.74 Å². The van der Waals surface area contributed by atoms with Crippen molar-refractivity contribution in [1.29, 1.82) is 10.5 Å². The molecule has 0 saturated heterocycles. The van der Waals surface area contributed by atoms with Gasteiger partial charge in [-0.25, -0.2) is 9.59 Å². The van der Waals surface area contributed by atoms with Crippen molar-refractivity contribution >= 4 is 69.3 Å². The maximum atomic E-state index is 12.9. The Kier molecular flexibility index (Phi) is 8.08. The first kappa shape index (κ1) is 30.5. The van der Waals surface area contributed by atoms with Gasteiger partial charge in [-0.1, -0.05) is 12.1 Å². The van der Waals surface area contributed by atoms with E-state index in [1.54, 1.807) is 48.6 Å². The Hall–Kier alpha value is -6.54. The highest BCUT2D eigenvalue weighted by Crippen LogP contribution is 2.42. The zero-order chi connectivity index (χ0) is 33.2. The molecule has 0 atom stereocenters. The Labute approximate surface area is 273 Å². The molecule has 1 aliphatic rings. The molecule has 3 heterocycles. The lowest BCUT2D eigenvalue weighted by atomic mass is 9.95. The van der Waals surface area contributed by atoms with Crippen molar-refractivity contribution in [2.45, 2.75) is 0 Å². The Morgan fingerprint density at radius 3 is 1.34 bits per heavy atom. The molecule has 0 radical (unpaired) electrons. The number of carbonyl (C=O) groups is 2. The molecule has 226 valence electrons. The highest BCUT2D eigenvalue weighted by molar-refractivity contribution is 7.16. The fraction of sp³-hybridized carbons (Fsp3) is 0. The van der Waals surface area contributed by atoms with Crippen LogP contribution in [0.3, 0.4) is 0 Å². The van der Waals surface area contributed by atoms with Crippen LogP contribution in [-0.4, -0.2) is 21.8 Å². The molecule has 13 heteroatoms. The highest BCUT2D eigenvalue weighted by atomic mass is 32.1. The fourth-order valence-corrected chi connectivity index (χ4v) is 6.91. The number of benzene rings is 3.